The Morgan fingerprint density at radius 2 is 1.89 bits per heavy atom. The highest BCUT2D eigenvalue weighted by Crippen LogP contribution is 2.26. The van der Waals surface area contributed by atoms with E-state index in [0.717, 1.165) is 11.1 Å². The molecule has 9 heteroatoms. The molecule has 0 saturated carbocycles. The van der Waals surface area contributed by atoms with Gasteiger partial charge in [0.05, 0.1) is 11.1 Å². The maximum atomic E-state index is 14.4. The van der Waals surface area contributed by atoms with Crippen LogP contribution in [-0.2, 0) is 21.4 Å². The number of ether oxygens (including phenoxy) is 1. The molecule has 1 fully saturated rings. The Morgan fingerprint density at radius 1 is 1.11 bits per heavy atom. The van der Waals surface area contributed by atoms with Crippen LogP contribution in [0, 0.1) is 25.6 Å². The fourth-order valence-corrected chi connectivity index (χ4v) is 5.54. The fraction of sp³-hybridized carbons (Fsp3) is 0.308. The van der Waals surface area contributed by atoms with E-state index in [-0.39, 0.29) is 42.1 Å². The number of hydrogen-bond acceptors (Lipinski definition) is 5. The summed E-state index contributed by atoms with van der Waals surface area (Å²) >= 11 is 0. The number of amides is 1. The predicted molar refractivity (Wildman–Crippen MR) is 130 cm³/mol. The average Bonchev–Trinajstić information content (AvgIpc) is 2.86. The quantitative estimate of drug-likeness (QED) is 0.524. The van der Waals surface area contributed by atoms with E-state index in [0.29, 0.717) is 24.2 Å². The fourth-order valence-electron chi connectivity index (χ4n) is 3.99. The van der Waals surface area contributed by atoms with E-state index < -0.39 is 15.8 Å². The summed E-state index contributed by atoms with van der Waals surface area (Å²) in [6.07, 6.45) is 3.96. The molecule has 3 aromatic rings. The van der Waals surface area contributed by atoms with Gasteiger partial charge in [-0.05, 0) is 79.8 Å². The van der Waals surface area contributed by atoms with E-state index in [1.807, 2.05) is 19.9 Å². The van der Waals surface area contributed by atoms with Crippen molar-refractivity contribution in [2.45, 2.75) is 38.1 Å². The van der Waals surface area contributed by atoms with E-state index in [4.69, 9.17) is 4.74 Å². The smallest absolute Gasteiger partial charge is 0.243 e. The van der Waals surface area contributed by atoms with Crippen molar-refractivity contribution in [3.63, 3.8) is 0 Å². The number of rotatable bonds is 7. The zero-order chi connectivity index (χ0) is 25.0. The van der Waals surface area contributed by atoms with Crippen LogP contribution in [0.5, 0.6) is 11.5 Å². The average molecular weight is 498 g/mol. The molecule has 184 valence electrons. The van der Waals surface area contributed by atoms with Crippen molar-refractivity contribution in [3.05, 3.63) is 83.4 Å². The Hall–Kier alpha value is -3.30. The van der Waals surface area contributed by atoms with Crippen molar-refractivity contribution >= 4 is 15.9 Å². The third-order valence-electron chi connectivity index (χ3n) is 6.27. The van der Waals surface area contributed by atoms with Crippen LogP contribution in [0.4, 0.5) is 4.39 Å². The highest BCUT2D eigenvalue weighted by atomic mass is 32.2. The zero-order valence-corrected chi connectivity index (χ0v) is 20.5. The lowest BCUT2D eigenvalue weighted by Gasteiger charge is -2.30. The summed E-state index contributed by atoms with van der Waals surface area (Å²) in [6.45, 7) is 4.56. The van der Waals surface area contributed by atoms with E-state index in [2.05, 4.69) is 10.3 Å². The second kappa shape index (κ2) is 10.5. The molecule has 4 rings (SSSR count). The SMILES string of the molecule is Cc1ccc(S(=O)(=O)N2CCC(C(=O)NCc3ccc(Oc4cccnc4)c(F)c3)CC2)cc1C. The molecule has 0 aliphatic carbocycles. The highest BCUT2D eigenvalue weighted by Gasteiger charge is 2.32. The maximum Gasteiger partial charge on any atom is 0.243 e. The molecule has 0 spiro atoms. The topological polar surface area (TPSA) is 88.6 Å². The standard InChI is InChI=1S/C26H28FN3O4S/c1-18-5-7-23(14-19(18)2)35(32,33)30-12-9-21(10-13-30)26(31)29-16-20-6-8-25(24(27)15-20)34-22-4-3-11-28-17-22/h3-8,11,14-15,17,21H,9-10,12-13,16H2,1-2H3,(H,29,31). The molecule has 1 aliphatic rings. The van der Waals surface area contributed by atoms with Crippen molar-refractivity contribution in [2.75, 3.05) is 13.1 Å². The first-order valence-electron chi connectivity index (χ1n) is 11.5. The first kappa shape index (κ1) is 24.8. The summed E-state index contributed by atoms with van der Waals surface area (Å²) < 4.78 is 47.3. The Kier molecular flexibility index (Phi) is 7.47. The van der Waals surface area contributed by atoms with Gasteiger partial charge in [0.1, 0.15) is 5.75 Å². The maximum absolute atomic E-state index is 14.4. The second-order valence-electron chi connectivity index (χ2n) is 8.70. The molecule has 1 amide bonds. The van der Waals surface area contributed by atoms with Crippen LogP contribution < -0.4 is 10.1 Å². The lowest BCUT2D eigenvalue weighted by atomic mass is 9.97. The Bertz CT molecular complexity index is 1310. The van der Waals surface area contributed by atoms with E-state index in [1.165, 1.54) is 22.6 Å². The molecular formula is C26H28FN3O4S. The summed E-state index contributed by atoms with van der Waals surface area (Å²) in [7, 11) is -3.59. The first-order valence-corrected chi connectivity index (χ1v) is 12.9. The largest absolute Gasteiger partial charge is 0.453 e. The predicted octanol–water partition coefficient (Wildman–Crippen LogP) is 4.35. The summed E-state index contributed by atoms with van der Waals surface area (Å²) in [6, 6.07) is 13.0. The minimum absolute atomic E-state index is 0.0745. The highest BCUT2D eigenvalue weighted by molar-refractivity contribution is 7.89. The second-order valence-corrected chi connectivity index (χ2v) is 10.6. The van der Waals surface area contributed by atoms with Crippen molar-refractivity contribution in [2.24, 2.45) is 5.92 Å². The number of carbonyl (C=O) groups is 1. The van der Waals surface area contributed by atoms with Crippen LogP contribution in [0.2, 0.25) is 0 Å². The normalized spacial score (nSPS) is 15.1. The van der Waals surface area contributed by atoms with Crippen molar-refractivity contribution < 1.29 is 22.3 Å². The minimum atomic E-state index is -3.59. The molecule has 0 bridgehead atoms. The number of hydrogen-bond donors (Lipinski definition) is 1. The minimum Gasteiger partial charge on any atom is -0.453 e. The van der Waals surface area contributed by atoms with Crippen LogP contribution in [0.1, 0.15) is 29.5 Å². The van der Waals surface area contributed by atoms with Crippen LogP contribution in [0.15, 0.2) is 65.8 Å². The van der Waals surface area contributed by atoms with Gasteiger partial charge in [-0.2, -0.15) is 4.31 Å². The van der Waals surface area contributed by atoms with Crippen LogP contribution >= 0.6 is 0 Å². The third kappa shape index (κ3) is 5.86. The van der Waals surface area contributed by atoms with Crippen molar-refractivity contribution in [1.29, 1.82) is 0 Å². The third-order valence-corrected chi connectivity index (χ3v) is 8.16. The van der Waals surface area contributed by atoms with E-state index in [9.17, 15) is 17.6 Å². The van der Waals surface area contributed by atoms with Gasteiger partial charge in [0.2, 0.25) is 15.9 Å². The van der Waals surface area contributed by atoms with Gasteiger partial charge in [-0.25, -0.2) is 12.8 Å². The molecule has 1 aliphatic heterocycles. The van der Waals surface area contributed by atoms with Crippen LogP contribution in [0.25, 0.3) is 0 Å². The lowest BCUT2D eigenvalue weighted by molar-refractivity contribution is -0.126. The van der Waals surface area contributed by atoms with Gasteiger partial charge >= 0.3 is 0 Å². The lowest BCUT2D eigenvalue weighted by Crippen LogP contribution is -2.42. The number of carbonyl (C=O) groups excluding carboxylic acids is 1. The molecule has 2 heterocycles. The van der Waals surface area contributed by atoms with Gasteiger partial charge in [-0.3, -0.25) is 9.78 Å². The summed E-state index contributed by atoms with van der Waals surface area (Å²) in [4.78, 5) is 16.9. The summed E-state index contributed by atoms with van der Waals surface area (Å²) in [5.41, 5.74) is 2.56. The van der Waals surface area contributed by atoms with E-state index >= 15 is 0 Å². The molecule has 0 atom stereocenters. The number of benzene rings is 2. The van der Waals surface area contributed by atoms with Gasteiger partial charge in [0.25, 0.3) is 0 Å². The molecular weight excluding hydrogens is 469 g/mol. The number of aryl methyl sites for hydroxylation is 2. The number of aromatic nitrogens is 1. The number of halogens is 1. The van der Waals surface area contributed by atoms with E-state index in [1.54, 1.807) is 36.5 Å². The molecule has 0 unspecified atom stereocenters. The molecule has 0 radical (unpaired) electrons. The molecule has 2 aromatic carbocycles. The van der Waals surface area contributed by atoms with Gasteiger partial charge in [0.15, 0.2) is 11.6 Å². The van der Waals surface area contributed by atoms with Gasteiger partial charge in [0, 0.05) is 31.7 Å². The molecule has 1 aromatic heterocycles. The van der Waals surface area contributed by atoms with Gasteiger partial charge in [-0.15, -0.1) is 0 Å². The number of nitrogens with zero attached hydrogens (tertiary/aromatic N) is 2. The number of pyridine rings is 1. The van der Waals surface area contributed by atoms with Crippen LogP contribution in [-0.4, -0.2) is 36.7 Å². The number of sulfonamides is 1. The molecule has 1 N–H and O–H groups in total. The zero-order valence-electron chi connectivity index (χ0n) is 19.7. The number of nitrogens with one attached hydrogen (secondary N) is 1. The molecule has 1 saturated heterocycles. The van der Waals surface area contributed by atoms with Gasteiger partial charge < -0.3 is 10.1 Å². The Morgan fingerprint density at radius 3 is 2.54 bits per heavy atom. The monoisotopic (exact) mass is 497 g/mol. The van der Waals surface area contributed by atoms with Crippen LogP contribution in [0.3, 0.4) is 0 Å². The van der Waals surface area contributed by atoms with Crippen molar-refractivity contribution in [1.82, 2.24) is 14.6 Å². The van der Waals surface area contributed by atoms with Crippen molar-refractivity contribution in [3.8, 4) is 11.5 Å². The first-order chi connectivity index (χ1) is 16.7. The molecule has 7 nitrogen and oxygen atoms in total. The number of piperidine rings is 1. The Labute approximate surface area is 205 Å². The molecule has 35 heavy (non-hydrogen) atoms. The Balaban J connectivity index is 1.30. The van der Waals surface area contributed by atoms with Gasteiger partial charge in [-0.1, -0.05) is 12.1 Å². The summed E-state index contributed by atoms with van der Waals surface area (Å²) in [5, 5.41) is 2.84. The summed E-state index contributed by atoms with van der Waals surface area (Å²) in [5.74, 6) is -0.488.